The number of nitrogens with two attached hydrogens (primary N) is 4. The number of carboxylic acid groups (broad SMARTS) is 1. The third-order valence-electron chi connectivity index (χ3n) is 5.89. The Hall–Kier alpha value is -4.59. The van der Waals surface area contributed by atoms with Crippen molar-refractivity contribution < 1.29 is 33.5 Å². The van der Waals surface area contributed by atoms with E-state index < -0.39 is 47.2 Å². The molecule has 1 aliphatic rings. The molecule has 9 N–H and O–H groups in total. The molecule has 0 bridgehead atoms. The monoisotopic (exact) mass is 530 g/mol. The van der Waals surface area contributed by atoms with Gasteiger partial charge in [-0.3, -0.25) is 29.1 Å². The molecule has 2 aromatic rings. The quantitative estimate of drug-likeness (QED) is 0.0966. The van der Waals surface area contributed by atoms with Gasteiger partial charge in [-0.15, -0.1) is 0 Å². The number of primary amides is 1. The van der Waals surface area contributed by atoms with Crippen LogP contribution in [0.25, 0.3) is 11.0 Å². The van der Waals surface area contributed by atoms with Crippen LogP contribution in [-0.2, 0) is 19.2 Å². The van der Waals surface area contributed by atoms with Gasteiger partial charge < -0.3 is 32.5 Å². The van der Waals surface area contributed by atoms with E-state index in [4.69, 9.17) is 27.4 Å². The molecule has 1 aliphatic heterocycles. The molecule has 3 rings (SSSR count). The summed E-state index contributed by atoms with van der Waals surface area (Å²) in [4.78, 5) is 74.7. The number of hydrogen-bond acceptors (Lipinski definition) is 9. The van der Waals surface area contributed by atoms with Crippen LogP contribution in [0.2, 0.25) is 0 Å². The molecule has 1 aromatic heterocycles. The van der Waals surface area contributed by atoms with Gasteiger partial charge in [0.1, 0.15) is 5.58 Å². The molecule has 3 amide bonds. The van der Waals surface area contributed by atoms with Crippen molar-refractivity contribution in [2.45, 2.75) is 44.6 Å². The molecule has 0 saturated carbocycles. The lowest BCUT2D eigenvalue weighted by Crippen LogP contribution is -2.64. The van der Waals surface area contributed by atoms with Crippen LogP contribution in [0.5, 0.6) is 0 Å². The fraction of sp³-hybridized carbons (Fsp3) is 0.375. The highest BCUT2D eigenvalue weighted by atomic mass is 16.4. The number of guanidine groups is 1. The maximum absolute atomic E-state index is 12.4. The maximum atomic E-state index is 12.4. The molecule has 1 fully saturated rings. The summed E-state index contributed by atoms with van der Waals surface area (Å²) in [7, 11) is 0. The number of aliphatic imine (C=N–C) groups is 1. The van der Waals surface area contributed by atoms with Crippen molar-refractivity contribution in [2.75, 3.05) is 13.1 Å². The zero-order chi connectivity index (χ0) is 28.6. The number of Topliss-reactive ketones (excluding diaryl/α,β-unsaturated/α-hetero) is 1. The number of carbonyl (C=O) groups excluding carboxylic acids is 4. The molecule has 0 spiro atoms. The summed E-state index contributed by atoms with van der Waals surface area (Å²) in [5.41, 5.74) is 19.6. The number of carboxylic acids is 1. The van der Waals surface area contributed by atoms with Crippen molar-refractivity contribution in [1.29, 1.82) is 0 Å². The van der Waals surface area contributed by atoms with E-state index in [1.54, 1.807) is 12.1 Å². The summed E-state index contributed by atoms with van der Waals surface area (Å²) in [6.07, 6.45) is -0.156. The Morgan fingerprint density at radius 3 is 2.37 bits per heavy atom. The van der Waals surface area contributed by atoms with Gasteiger partial charge in [0.2, 0.25) is 23.3 Å². The van der Waals surface area contributed by atoms with Crippen LogP contribution in [-0.4, -0.2) is 64.1 Å². The number of rotatable bonds is 7. The average Bonchev–Trinajstić information content (AvgIpc) is 2.97. The van der Waals surface area contributed by atoms with E-state index in [0.717, 1.165) is 10.9 Å². The molecule has 1 saturated heterocycles. The van der Waals surface area contributed by atoms with Crippen LogP contribution in [0.15, 0.2) is 38.5 Å². The summed E-state index contributed by atoms with van der Waals surface area (Å²) >= 11 is 0. The molecular weight excluding hydrogens is 500 g/mol. The van der Waals surface area contributed by atoms with Gasteiger partial charge in [0.05, 0.1) is 6.54 Å². The second kappa shape index (κ2) is 12.6. The number of imide groups is 1. The molecule has 2 heterocycles. The summed E-state index contributed by atoms with van der Waals surface area (Å²) in [6.45, 7) is 1.31. The first kappa shape index (κ1) is 29.6. The van der Waals surface area contributed by atoms with Crippen LogP contribution >= 0.6 is 0 Å². The first-order valence-electron chi connectivity index (χ1n) is 11.6. The number of ketones is 1. The fourth-order valence-corrected chi connectivity index (χ4v) is 4.09. The normalized spacial score (nSPS) is 17.3. The second-order valence-electron chi connectivity index (χ2n) is 8.50. The Labute approximate surface area is 216 Å². The molecule has 204 valence electrons. The number of nitrogens with zero attached hydrogens (tertiary/aromatic N) is 2. The van der Waals surface area contributed by atoms with Gasteiger partial charge in [-0.1, -0.05) is 6.07 Å². The summed E-state index contributed by atoms with van der Waals surface area (Å²) in [5, 5.41) is 10.4. The van der Waals surface area contributed by atoms with E-state index in [0.29, 0.717) is 16.0 Å². The van der Waals surface area contributed by atoms with Gasteiger partial charge in [0, 0.05) is 36.4 Å². The summed E-state index contributed by atoms with van der Waals surface area (Å²) in [5.74, 6) is -4.56. The highest BCUT2D eigenvalue weighted by Crippen LogP contribution is 2.30. The van der Waals surface area contributed by atoms with Gasteiger partial charge in [-0.2, -0.15) is 0 Å². The summed E-state index contributed by atoms with van der Waals surface area (Å²) in [6, 6.07) is 6.21. The second-order valence-corrected chi connectivity index (χ2v) is 8.50. The number of likely N-dealkylation sites (tertiary alicyclic amines) is 1. The van der Waals surface area contributed by atoms with Crippen LogP contribution in [0.1, 0.15) is 48.0 Å². The van der Waals surface area contributed by atoms with Crippen molar-refractivity contribution in [3.05, 3.63) is 45.8 Å². The Kier molecular flexibility index (Phi) is 9.81. The third kappa shape index (κ3) is 6.59. The van der Waals surface area contributed by atoms with E-state index >= 15 is 0 Å². The van der Waals surface area contributed by atoms with Gasteiger partial charge >= 0.3 is 11.6 Å². The van der Waals surface area contributed by atoms with Crippen molar-refractivity contribution >= 4 is 46.4 Å². The van der Waals surface area contributed by atoms with Gasteiger partial charge in [0.25, 0.3) is 0 Å². The molecule has 0 unspecified atom stereocenters. The lowest BCUT2D eigenvalue weighted by Gasteiger charge is -2.36. The first-order chi connectivity index (χ1) is 17.8. The van der Waals surface area contributed by atoms with Crippen LogP contribution in [0, 0.1) is 6.92 Å². The predicted molar refractivity (Wildman–Crippen MR) is 136 cm³/mol. The molecular formula is C24H30N6O8. The van der Waals surface area contributed by atoms with Crippen molar-refractivity contribution in [3.8, 4) is 0 Å². The van der Waals surface area contributed by atoms with Gasteiger partial charge in [0.15, 0.2) is 11.7 Å². The average molecular weight is 531 g/mol. The Bertz CT molecular complexity index is 1350. The number of amides is 3. The van der Waals surface area contributed by atoms with E-state index in [-0.39, 0.29) is 44.6 Å². The third-order valence-corrected chi connectivity index (χ3v) is 5.89. The minimum absolute atomic E-state index is 0.0729. The van der Waals surface area contributed by atoms with Gasteiger partial charge in [-0.05, 0) is 43.9 Å². The molecule has 38 heavy (non-hydrogen) atoms. The molecule has 1 aromatic carbocycles. The molecule has 0 aliphatic carbocycles. The largest absolute Gasteiger partial charge is 0.479 e. The number of hydrogen-bond donors (Lipinski definition) is 5. The lowest BCUT2D eigenvalue weighted by molar-refractivity contribution is -0.170. The van der Waals surface area contributed by atoms with Crippen LogP contribution in [0.4, 0.5) is 0 Å². The van der Waals surface area contributed by atoms with E-state index in [1.165, 1.54) is 12.1 Å². The predicted octanol–water partition coefficient (Wildman–Crippen LogP) is -0.869. The Balaban J connectivity index is 0.000000290. The van der Waals surface area contributed by atoms with Gasteiger partial charge in [-0.25, -0.2) is 9.59 Å². The maximum Gasteiger partial charge on any atom is 0.337 e. The minimum Gasteiger partial charge on any atom is -0.479 e. The lowest BCUT2D eigenvalue weighted by atomic mass is 9.85. The number of aliphatic carboxylic acids is 1. The van der Waals surface area contributed by atoms with Crippen molar-refractivity contribution in [1.82, 2.24) is 4.90 Å². The number of carbonyl (C=O) groups is 5. The van der Waals surface area contributed by atoms with E-state index in [1.807, 2.05) is 6.92 Å². The highest BCUT2D eigenvalue weighted by molar-refractivity contribution is 6.16. The smallest absolute Gasteiger partial charge is 0.337 e. The zero-order valence-electron chi connectivity index (χ0n) is 20.8. The standard InChI is InChI=1S/C13H21N5O5.C11H9NO3/c14-7-10(21)18-9(20)4-1-3-8(19)13(18,11(22)23)5-2-6-17-12(15)16;1-6-4-10(13)15-9-5-7(11(12)14)2-3-8(6)9/h1-7,14H2,(H,22,23)(H4,15,16,17);2-5H,1H3,(H2,12,14)/t13-;/m1./s1. The minimum atomic E-state index is -2.25. The van der Waals surface area contributed by atoms with Crippen molar-refractivity contribution in [2.24, 2.45) is 27.9 Å². The van der Waals surface area contributed by atoms with Crippen LogP contribution in [0.3, 0.4) is 0 Å². The number of aryl methyl sites for hydroxylation is 1. The first-order valence-corrected chi connectivity index (χ1v) is 11.6. The molecule has 1 atom stereocenters. The SMILES string of the molecule is Cc1cc(=O)oc2cc(C(N)=O)ccc12.NCC(=O)N1C(=O)CCCC(=O)[C@]1(CCCN=C(N)N)C(=O)O. The number of fused-ring (bicyclic) bond motifs is 1. The van der Waals surface area contributed by atoms with Crippen molar-refractivity contribution in [3.63, 3.8) is 0 Å². The molecule has 14 nitrogen and oxygen atoms in total. The number of benzene rings is 1. The van der Waals surface area contributed by atoms with E-state index in [9.17, 15) is 33.9 Å². The Morgan fingerprint density at radius 2 is 1.79 bits per heavy atom. The topological polar surface area (TPSA) is 255 Å². The fourth-order valence-electron chi connectivity index (χ4n) is 4.09. The van der Waals surface area contributed by atoms with E-state index in [2.05, 4.69) is 4.99 Å². The highest BCUT2D eigenvalue weighted by Gasteiger charge is 2.55. The molecule has 14 heteroatoms. The Morgan fingerprint density at radius 1 is 1.11 bits per heavy atom. The zero-order valence-corrected chi connectivity index (χ0v) is 20.8. The van der Waals surface area contributed by atoms with Crippen LogP contribution < -0.4 is 28.6 Å². The summed E-state index contributed by atoms with van der Waals surface area (Å²) < 4.78 is 4.97. The molecule has 0 radical (unpaired) electrons.